The summed E-state index contributed by atoms with van der Waals surface area (Å²) in [6, 6.07) is 0. The number of esters is 1. The molecule has 0 aliphatic carbocycles. The Hall–Kier alpha value is -0.770. The SMILES string of the molecule is CCCCCCCCCC(CC(=O)OCCC(O)CCCCCCC)O[C@@H]1O[C@@H](C)[C@H](O)[C@@H](O)[C@H]1O. The molecule has 0 radical (unpaired) electrons. The van der Waals surface area contributed by atoms with Crippen molar-refractivity contribution in [3.8, 4) is 0 Å². The highest BCUT2D eigenvalue weighted by molar-refractivity contribution is 5.69. The van der Waals surface area contributed by atoms with E-state index in [1.165, 1.54) is 44.9 Å². The van der Waals surface area contributed by atoms with E-state index in [1.54, 1.807) is 6.92 Å². The molecule has 1 aliphatic rings. The Morgan fingerprint density at radius 3 is 1.94 bits per heavy atom. The smallest absolute Gasteiger partial charge is 0.308 e. The fourth-order valence-corrected chi connectivity index (χ4v) is 4.54. The first-order valence-corrected chi connectivity index (χ1v) is 14.5. The van der Waals surface area contributed by atoms with Gasteiger partial charge in [-0.05, 0) is 19.8 Å². The van der Waals surface area contributed by atoms with Crippen LogP contribution in [0.3, 0.4) is 0 Å². The lowest BCUT2D eigenvalue weighted by molar-refractivity contribution is -0.304. The van der Waals surface area contributed by atoms with Crippen molar-refractivity contribution in [2.24, 2.45) is 0 Å². The zero-order valence-electron chi connectivity index (χ0n) is 23.0. The van der Waals surface area contributed by atoms with Crippen molar-refractivity contribution in [1.29, 1.82) is 0 Å². The van der Waals surface area contributed by atoms with Crippen LogP contribution < -0.4 is 0 Å². The molecule has 2 unspecified atom stereocenters. The standard InChI is InChI=1S/C28H54O8/c1-4-6-8-10-11-13-15-17-23(36-28-27(33)26(32)25(31)21(3)35-28)20-24(30)34-19-18-22(29)16-14-12-9-7-5-2/h21-23,25-29,31-33H,4-20H2,1-3H3/t21-,22?,23?,25-,26+,27+,28-/m0/s1. The summed E-state index contributed by atoms with van der Waals surface area (Å²) in [5, 5.41) is 40.5. The molecule has 1 aliphatic heterocycles. The number of unbranched alkanes of at least 4 members (excludes halogenated alkanes) is 10. The predicted octanol–water partition coefficient (Wildman–Crippen LogP) is 4.38. The van der Waals surface area contributed by atoms with Crippen molar-refractivity contribution in [1.82, 2.24) is 0 Å². The third kappa shape index (κ3) is 14.2. The van der Waals surface area contributed by atoms with Crippen molar-refractivity contribution >= 4 is 5.97 Å². The Labute approximate surface area is 218 Å². The first-order valence-electron chi connectivity index (χ1n) is 14.5. The number of aliphatic hydroxyl groups is 4. The molecule has 8 heteroatoms. The number of ether oxygens (including phenoxy) is 3. The highest BCUT2D eigenvalue weighted by Gasteiger charge is 2.43. The molecule has 0 aromatic carbocycles. The van der Waals surface area contributed by atoms with Gasteiger partial charge in [-0.2, -0.15) is 0 Å². The van der Waals surface area contributed by atoms with Gasteiger partial charge in [-0.25, -0.2) is 0 Å². The summed E-state index contributed by atoms with van der Waals surface area (Å²) < 4.78 is 16.9. The van der Waals surface area contributed by atoms with Gasteiger partial charge in [0.1, 0.15) is 18.3 Å². The van der Waals surface area contributed by atoms with E-state index < -0.39 is 48.9 Å². The lowest BCUT2D eigenvalue weighted by Crippen LogP contribution is -2.58. The lowest BCUT2D eigenvalue weighted by Gasteiger charge is -2.40. The van der Waals surface area contributed by atoms with Crippen LogP contribution in [0.4, 0.5) is 0 Å². The van der Waals surface area contributed by atoms with E-state index in [0.717, 1.165) is 32.1 Å². The van der Waals surface area contributed by atoms with Crippen molar-refractivity contribution in [3.63, 3.8) is 0 Å². The lowest BCUT2D eigenvalue weighted by atomic mass is 9.99. The molecule has 1 heterocycles. The van der Waals surface area contributed by atoms with Crippen molar-refractivity contribution in [2.75, 3.05) is 6.61 Å². The zero-order chi connectivity index (χ0) is 26.8. The van der Waals surface area contributed by atoms with E-state index in [2.05, 4.69) is 13.8 Å². The van der Waals surface area contributed by atoms with Gasteiger partial charge in [0.25, 0.3) is 0 Å². The van der Waals surface area contributed by atoms with Gasteiger partial charge < -0.3 is 34.6 Å². The molecule has 0 bridgehead atoms. The number of rotatable bonds is 21. The minimum absolute atomic E-state index is 0.00254. The topological polar surface area (TPSA) is 126 Å². The molecule has 0 aromatic rings. The summed E-state index contributed by atoms with van der Waals surface area (Å²) >= 11 is 0. The molecule has 1 rings (SSSR count). The van der Waals surface area contributed by atoms with Crippen molar-refractivity contribution in [2.45, 2.75) is 166 Å². The van der Waals surface area contributed by atoms with Gasteiger partial charge in [0.05, 0.1) is 31.3 Å². The Morgan fingerprint density at radius 2 is 1.33 bits per heavy atom. The summed E-state index contributed by atoms with van der Waals surface area (Å²) in [6.07, 6.45) is 8.46. The maximum Gasteiger partial charge on any atom is 0.308 e. The average Bonchev–Trinajstić information content (AvgIpc) is 2.85. The fourth-order valence-electron chi connectivity index (χ4n) is 4.54. The third-order valence-corrected chi connectivity index (χ3v) is 7.01. The molecule has 1 saturated heterocycles. The van der Waals surface area contributed by atoms with Crippen LogP contribution in [0.25, 0.3) is 0 Å². The highest BCUT2D eigenvalue weighted by atomic mass is 16.7. The second-order valence-corrected chi connectivity index (χ2v) is 10.4. The van der Waals surface area contributed by atoms with Gasteiger partial charge in [0, 0.05) is 6.42 Å². The molecule has 1 fully saturated rings. The van der Waals surface area contributed by atoms with Gasteiger partial charge in [-0.1, -0.05) is 90.9 Å². The Balaban J connectivity index is 2.47. The van der Waals surface area contributed by atoms with Crippen LogP contribution in [0.2, 0.25) is 0 Å². The van der Waals surface area contributed by atoms with Crippen LogP contribution in [-0.2, 0) is 19.0 Å². The molecule has 36 heavy (non-hydrogen) atoms. The molecular formula is C28H54O8. The average molecular weight is 519 g/mol. The van der Waals surface area contributed by atoms with Crippen LogP contribution in [0.1, 0.15) is 124 Å². The van der Waals surface area contributed by atoms with Gasteiger partial charge in [-0.3, -0.25) is 4.79 Å². The van der Waals surface area contributed by atoms with E-state index in [4.69, 9.17) is 14.2 Å². The minimum atomic E-state index is -1.41. The summed E-state index contributed by atoms with van der Waals surface area (Å²) in [6.45, 7) is 6.12. The van der Waals surface area contributed by atoms with Crippen LogP contribution in [0.5, 0.6) is 0 Å². The first-order chi connectivity index (χ1) is 17.3. The molecule has 214 valence electrons. The Morgan fingerprint density at radius 1 is 0.778 bits per heavy atom. The van der Waals surface area contributed by atoms with Gasteiger partial charge in [0.15, 0.2) is 6.29 Å². The number of carbonyl (C=O) groups is 1. The molecule has 0 aromatic heterocycles. The van der Waals surface area contributed by atoms with Crippen LogP contribution in [-0.4, -0.2) is 75.9 Å². The second kappa shape index (κ2) is 20.2. The molecule has 8 nitrogen and oxygen atoms in total. The molecule has 0 saturated carbocycles. The van der Waals surface area contributed by atoms with Crippen molar-refractivity contribution in [3.05, 3.63) is 0 Å². The summed E-state index contributed by atoms with van der Waals surface area (Å²) in [7, 11) is 0. The summed E-state index contributed by atoms with van der Waals surface area (Å²) in [5.41, 5.74) is 0. The van der Waals surface area contributed by atoms with Gasteiger partial charge in [0.2, 0.25) is 0 Å². The predicted molar refractivity (Wildman–Crippen MR) is 139 cm³/mol. The normalized spacial score (nSPS) is 26.0. The maximum atomic E-state index is 12.5. The molecular weight excluding hydrogens is 464 g/mol. The largest absolute Gasteiger partial charge is 0.465 e. The Kier molecular flexibility index (Phi) is 18.7. The highest BCUT2D eigenvalue weighted by Crippen LogP contribution is 2.25. The summed E-state index contributed by atoms with van der Waals surface area (Å²) in [5.74, 6) is -0.419. The third-order valence-electron chi connectivity index (χ3n) is 7.01. The van der Waals surface area contributed by atoms with E-state index in [0.29, 0.717) is 19.3 Å². The van der Waals surface area contributed by atoms with Crippen LogP contribution >= 0.6 is 0 Å². The monoisotopic (exact) mass is 518 g/mol. The van der Waals surface area contributed by atoms with E-state index in [1.807, 2.05) is 0 Å². The second-order valence-electron chi connectivity index (χ2n) is 10.4. The number of carbonyl (C=O) groups excluding carboxylic acids is 1. The van der Waals surface area contributed by atoms with E-state index in [-0.39, 0.29) is 13.0 Å². The maximum absolute atomic E-state index is 12.5. The first kappa shape index (κ1) is 33.3. The minimum Gasteiger partial charge on any atom is -0.465 e. The number of hydrogen-bond donors (Lipinski definition) is 4. The summed E-state index contributed by atoms with van der Waals surface area (Å²) in [4.78, 5) is 12.5. The Bertz CT molecular complexity index is 546. The van der Waals surface area contributed by atoms with Crippen LogP contribution in [0, 0.1) is 0 Å². The quantitative estimate of drug-likeness (QED) is 0.130. The fraction of sp³-hybridized carbons (Fsp3) is 0.964. The molecule has 7 atom stereocenters. The number of aliphatic hydroxyl groups excluding tert-OH is 4. The molecule has 4 N–H and O–H groups in total. The van der Waals surface area contributed by atoms with Crippen molar-refractivity contribution < 1.29 is 39.4 Å². The van der Waals surface area contributed by atoms with Gasteiger partial charge in [-0.15, -0.1) is 0 Å². The zero-order valence-corrected chi connectivity index (χ0v) is 23.0. The molecule has 0 amide bonds. The molecule has 0 spiro atoms. The number of hydrogen-bond acceptors (Lipinski definition) is 8. The van der Waals surface area contributed by atoms with Gasteiger partial charge >= 0.3 is 5.97 Å². The van der Waals surface area contributed by atoms with Crippen LogP contribution in [0.15, 0.2) is 0 Å². The van der Waals surface area contributed by atoms with E-state index in [9.17, 15) is 25.2 Å². The van der Waals surface area contributed by atoms with E-state index >= 15 is 0 Å².